The van der Waals surface area contributed by atoms with Gasteiger partial charge < -0.3 is 13.9 Å². The first-order valence-corrected chi connectivity index (χ1v) is 9.67. The maximum Gasteiger partial charge on any atom is 0.200 e. The van der Waals surface area contributed by atoms with Gasteiger partial charge in [0.05, 0.1) is 16.5 Å². The van der Waals surface area contributed by atoms with Crippen molar-refractivity contribution in [3.8, 4) is 22.6 Å². The molecule has 29 heavy (non-hydrogen) atoms. The summed E-state index contributed by atoms with van der Waals surface area (Å²) >= 11 is 0. The van der Waals surface area contributed by atoms with Gasteiger partial charge >= 0.3 is 0 Å². The molecule has 2 heterocycles. The molecule has 2 aromatic carbocycles. The topological polar surface area (TPSA) is 48.7 Å². The van der Waals surface area contributed by atoms with E-state index in [1.807, 2.05) is 76.3 Å². The molecule has 0 bridgehead atoms. The molecule has 0 spiro atoms. The zero-order valence-corrected chi connectivity index (χ0v) is 17.1. The Morgan fingerprint density at radius 1 is 1.10 bits per heavy atom. The average molecular weight is 388 g/mol. The van der Waals surface area contributed by atoms with Gasteiger partial charge in [0.2, 0.25) is 5.43 Å². The quantitative estimate of drug-likeness (QED) is 0.515. The smallest absolute Gasteiger partial charge is 0.200 e. The minimum absolute atomic E-state index is 0.0644. The maximum atomic E-state index is 13.1. The van der Waals surface area contributed by atoms with E-state index < -0.39 is 0 Å². The van der Waals surface area contributed by atoms with E-state index in [-0.39, 0.29) is 11.0 Å². The lowest BCUT2D eigenvalue weighted by Crippen LogP contribution is -2.27. The standard InChI is InChI=1S/C25H24O4/c1-16(2)12-14-27-18-7-5-17(6-8-18)21-15-28-24-19-11-13-25(3,4)29-22(19)10-9-20(24)23(21)26/h5-13,15H,14H2,1-4H3. The minimum atomic E-state index is -0.379. The van der Waals surface area contributed by atoms with E-state index in [4.69, 9.17) is 13.9 Å². The summed E-state index contributed by atoms with van der Waals surface area (Å²) in [5, 5.41) is 0.540. The zero-order valence-electron chi connectivity index (χ0n) is 17.1. The van der Waals surface area contributed by atoms with E-state index >= 15 is 0 Å². The highest BCUT2D eigenvalue weighted by atomic mass is 16.5. The van der Waals surface area contributed by atoms with Gasteiger partial charge in [-0.05, 0) is 75.8 Å². The number of fused-ring (bicyclic) bond motifs is 3. The maximum absolute atomic E-state index is 13.1. The van der Waals surface area contributed by atoms with Crippen LogP contribution in [0.15, 0.2) is 69.6 Å². The van der Waals surface area contributed by atoms with Crippen molar-refractivity contribution in [1.29, 1.82) is 0 Å². The Morgan fingerprint density at radius 3 is 2.59 bits per heavy atom. The fourth-order valence-corrected chi connectivity index (χ4v) is 3.29. The first-order valence-electron chi connectivity index (χ1n) is 9.67. The van der Waals surface area contributed by atoms with Crippen molar-refractivity contribution in [2.24, 2.45) is 0 Å². The van der Waals surface area contributed by atoms with Crippen molar-refractivity contribution < 1.29 is 13.9 Å². The van der Waals surface area contributed by atoms with Gasteiger partial charge in [-0.25, -0.2) is 0 Å². The minimum Gasteiger partial charge on any atom is -0.490 e. The molecule has 0 saturated carbocycles. The summed E-state index contributed by atoms with van der Waals surface area (Å²) in [5.74, 6) is 1.48. The van der Waals surface area contributed by atoms with Crippen LogP contribution in [0.25, 0.3) is 28.2 Å². The molecule has 1 aliphatic heterocycles. The van der Waals surface area contributed by atoms with E-state index in [1.165, 1.54) is 11.8 Å². The van der Waals surface area contributed by atoms with Crippen LogP contribution in [0.5, 0.6) is 11.5 Å². The summed E-state index contributed by atoms with van der Waals surface area (Å²) in [7, 11) is 0. The van der Waals surface area contributed by atoms with E-state index in [0.29, 0.717) is 23.1 Å². The molecule has 0 amide bonds. The second kappa shape index (κ2) is 7.28. The predicted molar refractivity (Wildman–Crippen MR) is 117 cm³/mol. The Labute approximate surface area is 170 Å². The third-order valence-electron chi connectivity index (χ3n) is 4.87. The van der Waals surface area contributed by atoms with Crippen LogP contribution in [0.3, 0.4) is 0 Å². The summed E-state index contributed by atoms with van der Waals surface area (Å²) < 4.78 is 17.6. The number of hydrogen-bond acceptors (Lipinski definition) is 4. The van der Waals surface area contributed by atoms with Crippen molar-refractivity contribution in [2.75, 3.05) is 6.61 Å². The molecule has 4 heteroatoms. The molecule has 1 aliphatic rings. The number of hydrogen-bond donors (Lipinski definition) is 0. The Morgan fingerprint density at radius 2 is 1.86 bits per heavy atom. The lowest BCUT2D eigenvalue weighted by atomic mass is 9.99. The summed E-state index contributed by atoms with van der Waals surface area (Å²) in [4.78, 5) is 13.1. The molecule has 0 unspecified atom stereocenters. The molecule has 4 nitrogen and oxygen atoms in total. The van der Waals surface area contributed by atoms with E-state index in [1.54, 1.807) is 6.07 Å². The summed E-state index contributed by atoms with van der Waals surface area (Å²) in [6.07, 6.45) is 7.47. The molecule has 0 saturated heterocycles. The van der Waals surface area contributed by atoms with Gasteiger partial charge in [-0.3, -0.25) is 4.79 Å². The molecule has 1 aromatic heterocycles. The lowest BCUT2D eigenvalue weighted by molar-refractivity contribution is 0.159. The molecule has 148 valence electrons. The normalized spacial score (nSPS) is 14.2. The van der Waals surface area contributed by atoms with Gasteiger partial charge in [0, 0.05) is 0 Å². The van der Waals surface area contributed by atoms with Crippen LogP contribution < -0.4 is 14.9 Å². The van der Waals surface area contributed by atoms with E-state index in [2.05, 4.69) is 0 Å². The van der Waals surface area contributed by atoms with Crippen LogP contribution in [-0.2, 0) is 0 Å². The van der Waals surface area contributed by atoms with Crippen molar-refractivity contribution in [1.82, 2.24) is 0 Å². The van der Waals surface area contributed by atoms with Crippen LogP contribution in [0.1, 0.15) is 33.3 Å². The Hall–Kier alpha value is -3.27. The molecular formula is C25H24O4. The average Bonchev–Trinajstić information content (AvgIpc) is 2.67. The van der Waals surface area contributed by atoms with Crippen molar-refractivity contribution >= 4 is 17.0 Å². The van der Waals surface area contributed by atoms with Crippen molar-refractivity contribution in [3.63, 3.8) is 0 Å². The van der Waals surface area contributed by atoms with Gasteiger partial charge in [0.25, 0.3) is 0 Å². The Bertz CT molecular complexity index is 1170. The van der Waals surface area contributed by atoms with E-state index in [9.17, 15) is 4.79 Å². The van der Waals surface area contributed by atoms with Crippen LogP contribution in [-0.4, -0.2) is 12.2 Å². The fourth-order valence-electron chi connectivity index (χ4n) is 3.29. The summed E-state index contributed by atoms with van der Waals surface area (Å²) in [6.45, 7) is 8.57. The fraction of sp³-hybridized carbons (Fsp3) is 0.240. The van der Waals surface area contributed by atoms with Crippen molar-refractivity contribution in [2.45, 2.75) is 33.3 Å². The van der Waals surface area contributed by atoms with Gasteiger partial charge in [0.1, 0.15) is 35.6 Å². The molecule has 0 atom stereocenters. The number of ether oxygens (including phenoxy) is 2. The highest BCUT2D eigenvalue weighted by molar-refractivity contribution is 5.91. The van der Waals surface area contributed by atoms with Gasteiger partial charge in [-0.15, -0.1) is 0 Å². The van der Waals surface area contributed by atoms with E-state index in [0.717, 1.165) is 22.6 Å². The van der Waals surface area contributed by atoms with Crippen LogP contribution >= 0.6 is 0 Å². The Balaban J connectivity index is 1.68. The second-order valence-corrected chi connectivity index (χ2v) is 7.99. The third kappa shape index (κ3) is 3.83. The molecule has 0 aliphatic carbocycles. The van der Waals surface area contributed by atoms with Gasteiger partial charge in [0.15, 0.2) is 0 Å². The van der Waals surface area contributed by atoms with Gasteiger partial charge in [-0.2, -0.15) is 0 Å². The summed E-state index contributed by atoms with van der Waals surface area (Å²) in [6, 6.07) is 11.1. The highest BCUT2D eigenvalue weighted by Gasteiger charge is 2.24. The van der Waals surface area contributed by atoms with Gasteiger partial charge in [-0.1, -0.05) is 17.7 Å². The molecule has 4 rings (SSSR count). The zero-order chi connectivity index (χ0) is 20.6. The first-order chi connectivity index (χ1) is 13.8. The monoisotopic (exact) mass is 388 g/mol. The summed E-state index contributed by atoms with van der Waals surface area (Å²) in [5.41, 5.74) is 3.43. The highest BCUT2D eigenvalue weighted by Crippen LogP contribution is 2.36. The predicted octanol–water partition coefficient (Wildman–Crippen LogP) is 5.99. The molecule has 0 N–H and O–H groups in total. The SMILES string of the molecule is CC(C)=CCOc1ccc(-c2coc3c4c(ccc3c2=O)OC(C)(C)C=C4)cc1. The van der Waals surface area contributed by atoms with Crippen molar-refractivity contribution in [3.05, 3.63) is 76.2 Å². The van der Waals surface area contributed by atoms with Crippen LogP contribution in [0.4, 0.5) is 0 Å². The molecule has 3 aromatic rings. The number of rotatable bonds is 4. The number of benzene rings is 2. The molecule has 0 fully saturated rings. The first kappa shape index (κ1) is 19.1. The lowest BCUT2D eigenvalue weighted by Gasteiger charge is -2.27. The molecule has 0 radical (unpaired) electrons. The van der Waals surface area contributed by atoms with Crippen LogP contribution in [0, 0.1) is 0 Å². The third-order valence-corrected chi connectivity index (χ3v) is 4.87. The van der Waals surface area contributed by atoms with Crippen LogP contribution in [0.2, 0.25) is 0 Å². The largest absolute Gasteiger partial charge is 0.490 e. The second-order valence-electron chi connectivity index (χ2n) is 7.99. The number of allylic oxidation sites excluding steroid dienone is 1. The Kier molecular flexibility index (Phi) is 4.79. The molecular weight excluding hydrogens is 364 g/mol.